The van der Waals surface area contributed by atoms with Gasteiger partial charge in [0.15, 0.2) is 5.83 Å². The first-order valence-corrected chi connectivity index (χ1v) is 6.74. The molecule has 0 fully saturated rings. The summed E-state index contributed by atoms with van der Waals surface area (Å²) < 4.78 is 13.9. The van der Waals surface area contributed by atoms with Crippen LogP contribution in [0.2, 0.25) is 0 Å². The maximum Gasteiger partial charge on any atom is 0.174 e. The quantitative estimate of drug-likeness (QED) is 0.534. The van der Waals surface area contributed by atoms with Gasteiger partial charge in [-0.15, -0.1) is 0 Å². The van der Waals surface area contributed by atoms with Crippen molar-refractivity contribution in [2.75, 3.05) is 0 Å². The van der Waals surface area contributed by atoms with Gasteiger partial charge in [0.25, 0.3) is 0 Å². The molecule has 0 nitrogen and oxygen atoms in total. The Bertz CT molecular complexity index is 849. The highest BCUT2D eigenvalue weighted by Crippen LogP contribution is 2.17. The van der Waals surface area contributed by atoms with E-state index in [-0.39, 0.29) is 0 Å². The van der Waals surface area contributed by atoms with E-state index >= 15 is 0 Å². The third-order valence-corrected chi connectivity index (χ3v) is 3.17. The molecule has 0 bridgehead atoms. The van der Waals surface area contributed by atoms with Gasteiger partial charge in [-0.2, -0.15) is 4.39 Å². The average molecular weight is 272 g/mol. The van der Waals surface area contributed by atoms with Crippen molar-refractivity contribution in [1.29, 1.82) is 0 Å². The summed E-state index contributed by atoms with van der Waals surface area (Å²) in [5.74, 6) is 4.91. The number of fused-ring (bicyclic) bond motifs is 1. The molecule has 21 heavy (non-hydrogen) atoms. The van der Waals surface area contributed by atoms with Gasteiger partial charge in [-0.3, -0.25) is 0 Å². The zero-order valence-electron chi connectivity index (χ0n) is 11.4. The van der Waals surface area contributed by atoms with Crippen LogP contribution in [-0.4, -0.2) is 0 Å². The second-order valence-electron chi connectivity index (χ2n) is 4.71. The molecule has 0 aliphatic heterocycles. The number of benzene rings is 3. The molecule has 1 heteroatoms. The Morgan fingerprint density at radius 2 is 1.52 bits per heavy atom. The van der Waals surface area contributed by atoms with Gasteiger partial charge < -0.3 is 0 Å². The summed E-state index contributed by atoms with van der Waals surface area (Å²) in [5, 5.41) is 2.24. The van der Waals surface area contributed by atoms with E-state index < -0.39 is 5.83 Å². The van der Waals surface area contributed by atoms with Gasteiger partial charge in [-0.1, -0.05) is 60.5 Å². The van der Waals surface area contributed by atoms with Crippen molar-refractivity contribution in [3.63, 3.8) is 0 Å². The topological polar surface area (TPSA) is 0 Å². The third kappa shape index (κ3) is 3.38. The first-order valence-electron chi connectivity index (χ1n) is 6.74. The molecule has 3 rings (SSSR count). The number of allylic oxidation sites excluding steroid dienone is 1. The van der Waals surface area contributed by atoms with Crippen LogP contribution >= 0.6 is 0 Å². The van der Waals surface area contributed by atoms with Crippen LogP contribution in [0.3, 0.4) is 0 Å². The molecule has 3 aromatic rings. The molecule has 100 valence electrons. The van der Waals surface area contributed by atoms with E-state index in [1.807, 2.05) is 72.8 Å². The zero-order chi connectivity index (χ0) is 14.5. The largest absolute Gasteiger partial charge is 0.197 e. The molecule has 0 atom stereocenters. The van der Waals surface area contributed by atoms with E-state index in [0.29, 0.717) is 0 Å². The first kappa shape index (κ1) is 13.1. The van der Waals surface area contributed by atoms with Crippen LogP contribution in [0.4, 0.5) is 4.39 Å². The molecular weight excluding hydrogens is 259 g/mol. The lowest BCUT2D eigenvalue weighted by Gasteiger charge is -1.98. The van der Waals surface area contributed by atoms with Crippen LogP contribution in [-0.2, 0) is 0 Å². The number of hydrogen-bond donors (Lipinski definition) is 0. The summed E-state index contributed by atoms with van der Waals surface area (Å²) in [6.07, 6.45) is 1.46. The van der Waals surface area contributed by atoms with Crippen molar-refractivity contribution in [3.05, 3.63) is 89.8 Å². The molecule has 0 unspecified atom stereocenters. The van der Waals surface area contributed by atoms with E-state index in [9.17, 15) is 4.39 Å². The van der Waals surface area contributed by atoms with Gasteiger partial charge in [0.1, 0.15) is 0 Å². The van der Waals surface area contributed by atoms with E-state index in [1.54, 1.807) is 0 Å². The second-order valence-corrected chi connectivity index (χ2v) is 4.71. The molecule has 0 spiro atoms. The molecule has 3 aromatic carbocycles. The molecule has 0 aromatic heterocycles. The van der Waals surface area contributed by atoms with E-state index in [1.165, 1.54) is 6.08 Å². The first-order chi connectivity index (χ1) is 10.3. The van der Waals surface area contributed by atoms with Crippen LogP contribution in [0.25, 0.3) is 16.8 Å². The van der Waals surface area contributed by atoms with Crippen LogP contribution in [0, 0.1) is 11.8 Å². The van der Waals surface area contributed by atoms with Crippen molar-refractivity contribution < 1.29 is 4.39 Å². The molecule has 0 aliphatic carbocycles. The summed E-state index contributed by atoms with van der Waals surface area (Å²) in [6, 6.07) is 23.2. The van der Waals surface area contributed by atoms with Gasteiger partial charge >= 0.3 is 0 Å². The monoisotopic (exact) mass is 272 g/mol. The maximum atomic E-state index is 13.9. The Balaban J connectivity index is 1.87. The fraction of sp³-hybridized carbons (Fsp3) is 0. The Hall–Kier alpha value is -2.85. The third-order valence-electron chi connectivity index (χ3n) is 3.17. The van der Waals surface area contributed by atoms with Gasteiger partial charge in [0.2, 0.25) is 0 Å². The Morgan fingerprint density at radius 3 is 2.33 bits per heavy atom. The fourth-order valence-electron chi connectivity index (χ4n) is 2.13. The van der Waals surface area contributed by atoms with Crippen molar-refractivity contribution >= 4 is 16.8 Å². The average Bonchev–Trinajstić information content (AvgIpc) is 2.54. The molecule has 0 saturated carbocycles. The van der Waals surface area contributed by atoms with Crippen molar-refractivity contribution in [3.8, 4) is 11.8 Å². The number of rotatable bonds is 1. The minimum Gasteiger partial charge on any atom is -0.197 e. The Kier molecular flexibility index (Phi) is 3.80. The predicted molar refractivity (Wildman–Crippen MR) is 86.4 cm³/mol. The van der Waals surface area contributed by atoms with Gasteiger partial charge in [0, 0.05) is 5.56 Å². The summed E-state index contributed by atoms with van der Waals surface area (Å²) >= 11 is 0. The summed E-state index contributed by atoms with van der Waals surface area (Å²) in [5.41, 5.74) is 1.62. The van der Waals surface area contributed by atoms with E-state index in [4.69, 9.17) is 0 Å². The molecule has 0 amide bonds. The highest BCUT2D eigenvalue weighted by Gasteiger charge is 1.95. The Labute approximate surface area is 123 Å². The smallest absolute Gasteiger partial charge is 0.174 e. The van der Waals surface area contributed by atoms with Gasteiger partial charge in [-0.05, 0) is 46.5 Å². The van der Waals surface area contributed by atoms with Crippen LogP contribution in [0.15, 0.2) is 78.6 Å². The summed E-state index contributed by atoms with van der Waals surface area (Å²) in [6.45, 7) is 0. The lowest BCUT2D eigenvalue weighted by molar-refractivity contribution is 0.683. The van der Waals surface area contributed by atoms with E-state index in [2.05, 4.69) is 11.8 Å². The Morgan fingerprint density at radius 1 is 0.810 bits per heavy atom. The molecule has 0 heterocycles. The standard InChI is InChI=1S/C20H13F/c21-20(13-11-16-6-2-1-3-7-16)15-17-10-12-18-8-4-5-9-19(18)14-17/h1-10,12,14-15H/b20-15+. The lowest BCUT2D eigenvalue weighted by atomic mass is 10.1. The van der Waals surface area contributed by atoms with Crippen LogP contribution < -0.4 is 0 Å². The van der Waals surface area contributed by atoms with Crippen LogP contribution in [0.5, 0.6) is 0 Å². The number of hydrogen-bond acceptors (Lipinski definition) is 0. The number of halogens is 1. The van der Waals surface area contributed by atoms with Crippen molar-refractivity contribution in [1.82, 2.24) is 0 Å². The van der Waals surface area contributed by atoms with Gasteiger partial charge in [-0.25, -0.2) is 0 Å². The lowest BCUT2D eigenvalue weighted by Crippen LogP contribution is -1.77. The molecular formula is C20H13F. The van der Waals surface area contributed by atoms with Gasteiger partial charge in [0.05, 0.1) is 0 Å². The minimum absolute atomic E-state index is 0.436. The second kappa shape index (κ2) is 6.07. The summed E-state index contributed by atoms with van der Waals surface area (Å²) in [4.78, 5) is 0. The molecule has 0 saturated heterocycles. The minimum atomic E-state index is -0.436. The van der Waals surface area contributed by atoms with Crippen molar-refractivity contribution in [2.24, 2.45) is 0 Å². The normalized spacial score (nSPS) is 11.0. The molecule has 0 aliphatic rings. The van der Waals surface area contributed by atoms with Crippen molar-refractivity contribution in [2.45, 2.75) is 0 Å². The maximum absolute atomic E-state index is 13.9. The predicted octanol–water partition coefficient (Wildman–Crippen LogP) is 5.20. The SMILES string of the molecule is F/C(C#Cc1ccccc1)=C/c1ccc2ccccc2c1. The zero-order valence-corrected chi connectivity index (χ0v) is 11.4. The van der Waals surface area contributed by atoms with Crippen LogP contribution in [0.1, 0.15) is 11.1 Å². The highest BCUT2D eigenvalue weighted by atomic mass is 19.1. The highest BCUT2D eigenvalue weighted by molar-refractivity contribution is 5.84. The van der Waals surface area contributed by atoms with E-state index in [0.717, 1.165) is 21.9 Å². The fourth-order valence-corrected chi connectivity index (χ4v) is 2.13. The molecule has 0 radical (unpaired) electrons. The summed E-state index contributed by atoms with van der Waals surface area (Å²) in [7, 11) is 0. The molecule has 0 N–H and O–H groups in total.